The van der Waals surface area contributed by atoms with Crippen LogP contribution in [0.3, 0.4) is 0 Å². The van der Waals surface area contributed by atoms with Crippen molar-refractivity contribution in [3.05, 3.63) is 41.6 Å². The Balaban J connectivity index is 2.28. The van der Waals surface area contributed by atoms with Crippen molar-refractivity contribution in [3.63, 3.8) is 0 Å². The molecule has 0 atom stereocenters. The molecule has 2 aromatic heterocycles. The minimum absolute atomic E-state index is 0.282. The standard InChI is InChI=1S/C18H22FN5O/c1-5-23(6-2)17-16-12(3)22-24(14-9-7-13(19)8-10-14)18(16)21-15(20-17)11-25-4/h7-10H,5-6,11H2,1-4H3. The van der Waals surface area contributed by atoms with E-state index in [0.29, 0.717) is 18.1 Å². The Morgan fingerprint density at radius 1 is 1.12 bits per heavy atom. The van der Waals surface area contributed by atoms with Gasteiger partial charge in [0.15, 0.2) is 11.5 Å². The number of halogens is 1. The number of benzene rings is 1. The first kappa shape index (κ1) is 17.3. The van der Waals surface area contributed by atoms with Crippen LogP contribution in [0, 0.1) is 12.7 Å². The number of aromatic nitrogens is 4. The van der Waals surface area contributed by atoms with Crippen molar-refractivity contribution in [3.8, 4) is 5.69 Å². The molecular weight excluding hydrogens is 321 g/mol. The molecule has 0 spiro atoms. The molecule has 2 heterocycles. The first-order valence-corrected chi connectivity index (χ1v) is 8.35. The lowest BCUT2D eigenvalue weighted by Gasteiger charge is -2.21. The molecule has 0 fully saturated rings. The molecule has 25 heavy (non-hydrogen) atoms. The van der Waals surface area contributed by atoms with Crippen LogP contribution in [-0.4, -0.2) is 39.9 Å². The van der Waals surface area contributed by atoms with Crippen molar-refractivity contribution >= 4 is 16.9 Å². The molecule has 3 aromatic rings. The number of hydrogen-bond donors (Lipinski definition) is 0. The Morgan fingerprint density at radius 3 is 2.40 bits per heavy atom. The van der Waals surface area contributed by atoms with Crippen LogP contribution in [0.1, 0.15) is 25.4 Å². The zero-order valence-corrected chi connectivity index (χ0v) is 15.0. The fourth-order valence-corrected chi connectivity index (χ4v) is 2.91. The van der Waals surface area contributed by atoms with E-state index in [1.807, 2.05) is 6.92 Å². The average Bonchev–Trinajstić information content (AvgIpc) is 2.94. The molecule has 0 bridgehead atoms. The molecule has 0 amide bonds. The zero-order chi connectivity index (χ0) is 18.0. The maximum absolute atomic E-state index is 13.3. The highest BCUT2D eigenvalue weighted by Gasteiger charge is 2.20. The fraction of sp³-hybridized carbons (Fsp3) is 0.389. The molecule has 0 aliphatic heterocycles. The van der Waals surface area contributed by atoms with Crippen LogP contribution in [0.15, 0.2) is 24.3 Å². The van der Waals surface area contributed by atoms with Crippen LogP contribution in [0.2, 0.25) is 0 Å². The van der Waals surface area contributed by atoms with E-state index < -0.39 is 0 Å². The Morgan fingerprint density at radius 2 is 1.80 bits per heavy atom. The second-order valence-corrected chi connectivity index (χ2v) is 5.74. The van der Waals surface area contributed by atoms with Gasteiger partial charge in [0.2, 0.25) is 0 Å². The van der Waals surface area contributed by atoms with Crippen LogP contribution in [0.5, 0.6) is 0 Å². The van der Waals surface area contributed by atoms with E-state index in [-0.39, 0.29) is 5.82 Å². The van der Waals surface area contributed by atoms with Gasteiger partial charge in [-0.05, 0) is 45.0 Å². The number of nitrogens with zero attached hydrogens (tertiary/aromatic N) is 5. The molecule has 1 aromatic carbocycles. The molecule has 0 saturated carbocycles. The third-order valence-corrected chi connectivity index (χ3v) is 4.14. The van der Waals surface area contributed by atoms with Gasteiger partial charge in [0.05, 0.1) is 16.8 Å². The third-order valence-electron chi connectivity index (χ3n) is 4.14. The molecule has 6 nitrogen and oxygen atoms in total. The van der Waals surface area contributed by atoms with Gasteiger partial charge < -0.3 is 9.64 Å². The summed E-state index contributed by atoms with van der Waals surface area (Å²) in [6.45, 7) is 8.10. The summed E-state index contributed by atoms with van der Waals surface area (Å²) in [6, 6.07) is 6.22. The number of fused-ring (bicyclic) bond motifs is 1. The summed E-state index contributed by atoms with van der Waals surface area (Å²) in [4.78, 5) is 11.5. The van der Waals surface area contributed by atoms with Crippen molar-refractivity contribution < 1.29 is 9.13 Å². The number of hydrogen-bond acceptors (Lipinski definition) is 5. The van der Waals surface area contributed by atoms with Crippen LogP contribution in [-0.2, 0) is 11.3 Å². The molecule has 132 valence electrons. The highest BCUT2D eigenvalue weighted by molar-refractivity contribution is 5.90. The van der Waals surface area contributed by atoms with Gasteiger partial charge in [0.1, 0.15) is 18.2 Å². The summed E-state index contributed by atoms with van der Waals surface area (Å²) in [6.07, 6.45) is 0. The summed E-state index contributed by atoms with van der Waals surface area (Å²) in [7, 11) is 1.62. The van der Waals surface area contributed by atoms with Crippen molar-refractivity contribution in [1.29, 1.82) is 0 Å². The van der Waals surface area contributed by atoms with Crippen LogP contribution >= 0.6 is 0 Å². The van der Waals surface area contributed by atoms with Gasteiger partial charge in [-0.25, -0.2) is 19.0 Å². The maximum atomic E-state index is 13.3. The van der Waals surface area contributed by atoms with E-state index in [1.54, 1.807) is 23.9 Å². The lowest BCUT2D eigenvalue weighted by molar-refractivity contribution is 0.178. The van der Waals surface area contributed by atoms with Crippen molar-refractivity contribution in [1.82, 2.24) is 19.7 Å². The summed E-state index contributed by atoms with van der Waals surface area (Å²) in [5, 5.41) is 5.54. The largest absolute Gasteiger partial charge is 0.377 e. The lowest BCUT2D eigenvalue weighted by Crippen LogP contribution is -2.24. The van der Waals surface area contributed by atoms with Crippen LogP contribution in [0.25, 0.3) is 16.7 Å². The minimum atomic E-state index is -0.282. The Bertz CT molecular complexity index is 871. The molecule has 0 N–H and O–H groups in total. The van der Waals surface area contributed by atoms with E-state index in [2.05, 4.69) is 28.8 Å². The van der Waals surface area contributed by atoms with Crippen molar-refractivity contribution in [2.45, 2.75) is 27.4 Å². The summed E-state index contributed by atoms with van der Waals surface area (Å²) < 4.78 is 20.2. The van der Waals surface area contributed by atoms with Gasteiger partial charge in [0.25, 0.3) is 0 Å². The number of ether oxygens (including phenoxy) is 1. The molecule has 0 unspecified atom stereocenters. The quantitative estimate of drug-likeness (QED) is 0.688. The summed E-state index contributed by atoms with van der Waals surface area (Å²) in [5.74, 6) is 1.17. The van der Waals surface area contributed by atoms with Gasteiger partial charge in [-0.2, -0.15) is 5.10 Å². The predicted molar refractivity (Wildman–Crippen MR) is 95.6 cm³/mol. The third kappa shape index (κ3) is 3.19. The smallest absolute Gasteiger partial charge is 0.169 e. The van der Waals surface area contributed by atoms with Gasteiger partial charge >= 0.3 is 0 Å². The van der Waals surface area contributed by atoms with Crippen molar-refractivity contribution in [2.75, 3.05) is 25.1 Å². The first-order chi connectivity index (χ1) is 12.1. The SMILES string of the molecule is CCN(CC)c1nc(COC)nc2c1c(C)nn2-c1ccc(F)cc1. The number of aryl methyl sites for hydroxylation is 1. The molecule has 0 saturated heterocycles. The number of anilines is 1. The normalized spacial score (nSPS) is 11.2. The van der Waals surface area contributed by atoms with Gasteiger partial charge in [-0.15, -0.1) is 0 Å². The first-order valence-electron chi connectivity index (χ1n) is 8.35. The van der Waals surface area contributed by atoms with E-state index >= 15 is 0 Å². The predicted octanol–water partition coefficient (Wildman–Crippen LogP) is 3.26. The highest BCUT2D eigenvalue weighted by Crippen LogP contribution is 2.29. The minimum Gasteiger partial charge on any atom is -0.377 e. The fourth-order valence-electron chi connectivity index (χ4n) is 2.91. The molecule has 0 aliphatic carbocycles. The monoisotopic (exact) mass is 343 g/mol. The van der Waals surface area contributed by atoms with E-state index in [1.165, 1.54) is 12.1 Å². The Labute approximate surface area is 146 Å². The number of rotatable bonds is 6. The molecule has 0 radical (unpaired) electrons. The Hall–Kier alpha value is -2.54. The lowest BCUT2D eigenvalue weighted by atomic mass is 10.2. The van der Waals surface area contributed by atoms with E-state index in [4.69, 9.17) is 9.72 Å². The van der Waals surface area contributed by atoms with Gasteiger partial charge in [-0.1, -0.05) is 0 Å². The summed E-state index contributed by atoms with van der Waals surface area (Å²) in [5.41, 5.74) is 2.30. The van der Waals surface area contributed by atoms with Crippen LogP contribution in [0.4, 0.5) is 10.2 Å². The molecular formula is C18H22FN5O. The second kappa shape index (κ2) is 7.14. The topological polar surface area (TPSA) is 56.1 Å². The van der Waals surface area contributed by atoms with Crippen LogP contribution < -0.4 is 4.90 Å². The second-order valence-electron chi connectivity index (χ2n) is 5.74. The summed E-state index contributed by atoms with van der Waals surface area (Å²) >= 11 is 0. The van der Waals surface area contributed by atoms with E-state index in [9.17, 15) is 4.39 Å². The Kier molecular flexibility index (Phi) is 4.94. The maximum Gasteiger partial charge on any atom is 0.169 e. The average molecular weight is 343 g/mol. The van der Waals surface area contributed by atoms with Gasteiger partial charge in [-0.3, -0.25) is 0 Å². The molecule has 7 heteroatoms. The zero-order valence-electron chi connectivity index (χ0n) is 15.0. The van der Waals surface area contributed by atoms with Crippen molar-refractivity contribution in [2.24, 2.45) is 0 Å². The highest BCUT2D eigenvalue weighted by atomic mass is 19.1. The molecule has 0 aliphatic rings. The molecule has 3 rings (SSSR count). The van der Waals surface area contributed by atoms with E-state index in [0.717, 1.165) is 35.7 Å². The number of methoxy groups -OCH3 is 1. The van der Waals surface area contributed by atoms with Gasteiger partial charge in [0, 0.05) is 20.2 Å².